The van der Waals surface area contributed by atoms with Gasteiger partial charge < -0.3 is 14.4 Å². The molecule has 114 valence electrons. The number of methoxy groups -OCH3 is 1. The van der Waals surface area contributed by atoms with E-state index in [4.69, 9.17) is 4.74 Å². The van der Waals surface area contributed by atoms with Crippen LogP contribution in [0.2, 0.25) is 0 Å². The van der Waals surface area contributed by atoms with Crippen molar-refractivity contribution < 1.29 is 19.2 Å². The first-order valence-corrected chi connectivity index (χ1v) is 6.69. The Morgan fingerprint density at radius 2 is 2.33 bits per heavy atom. The zero-order valence-corrected chi connectivity index (χ0v) is 12.1. The van der Waals surface area contributed by atoms with Crippen LogP contribution in [0.3, 0.4) is 0 Å². The Balaban J connectivity index is 2.09. The van der Waals surface area contributed by atoms with Gasteiger partial charge in [0.1, 0.15) is 0 Å². The number of benzene rings is 1. The largest absolute Gasteiger partial charge is 0.469 e. The maximum absolute atomic E-state index is 11.3. The van der Waals surface area contributed by atoms with E-state index in [1.165, 1.54) is 13.2 Å². The van der Waals surface area contributed by atoms with Crippen LogP contribution < -0.4 is 4.90 Å². The van der Waals surface area contributed by atoms with Gasteiger partial charge in [0, 0.05) is 30.4 Å². The van der Waals surface area contributed by atoms with E-state index in [2.05, 4.69) is 9.64 Å². The van der Waals surface area contributed by atoms with Gasteiger partial charge in [-0.3, -0.25) is 14.9 Å². The molecule has 1 unspecified atom stereocenters. The number of nitrogens with zero attached hydrogens (tertiary/aromatic N) is 2. The number of hydrogen-bond donors (Lipinski definition) is 0. The van der Waals surface area contributed by atoms with E-state index in [1.807, 2.05) is 0 Å². The Kier molecular flexibility index (Phi) is 4.74. The number of nitro groups is 1. The van der Waals surface area contributed by atoms with Crippen molar-refractivity contribution in [3.05, 3.63) is 33.9 Å². The predicted octanol–water partition coefficient (Wildman–Crippen LogP) is 1.67. The topological polar surface area (TPSA) is 81.9 Å². The Hall–Kier alpha value is -2.15. The number of hydrogen-bond acceptors (Lipinski definition) is 6. The standard InChI is InChI=1S/C14H18N2O5/c1-10-7-11(3-4-13(10)16(18)19)15-5-6-21-12(9-15)8-14(17)20-2/h3-4,7,12H,5-6,8-9H2,1-2H3. The van der Waals surface area contributed by atoms with Crippen molar-refractivity contribution in [3.8, 4) is 0 Å². The molecule has 1 aliphatic rings. The van der Waals surface area contributed by atoms with Crippen molar-refractivity contribution in [2.45, 2.75) is 19.4 Å². The third-order valence-corrected chi connectivity index (χ3v) is 3.50. The van der Waals surface area contributed by atoms with Crippen LogP contribution in [0.15, 0.2) is 18.2 Å². The van der Waals surface area contributed by atoms with E-state index in [-0.39, 0.29) is 24.2 Å². The Morgan fingerprint density at radius 1 is 1.57 bits per heavy atom. The van der Waals surface area contributed by atoms with Crippen molar-refractivity contribution in [1.29, 1.82) is 0 Å². The molecule has 1 heterocycles. The summed E-state index contributed by atoms with van der Waals surface area (Å²) in [6, 6.07) is 5.03. The molecule has 0 radical (unpaired) electrons. The molecule has 1 aliphatic heterocycles. The van der Waals surface area contributed by atoms with Crippen LogP contribution >= 0.6 is 0 Å². The Labute approximate surface area is 122 Å². The minimum atomic E-state index is -0.390. The summed E-state index contributed by atoms with van der Waals surface area (Å²) >= 11 is 0. The van der Waals surface area contributed by atoms with Gasteiger partial charge in [-0.2, -0.15) is 0 Å². The lowest BCUT2D eigenvalue weighted by Gasteiger charge is -2.34. The predicted molar refractivity (Wildman–Crippen MR) is 76.4 cm³/mol. The smallest absolute Gasteiger partial charge is 0.308 e. The molecule has 7 heteroatoms. The van der Waals surface area contributed by atoms with Gasteiger partial charge in [-0.15, -0.1) is 0 Å². The van der Waals surface area contributed by atoms with Crippen molar-refractivity contribution in [2.24, 2.45) is 0 Å². The zero-order valence-electron chi connectivity index (χ0n) is 12.1. The monoisotopic (exact) mass is 294 g/mol. The molecule has 2 rings (SSSR count). The third-order valence-electron chi connectivity index (χ3n) is 3.50. The maximum Gasteiger partial charge on any atom is 0.308 e. The second kappa shape index (κ2) is 6.53. The average molecular weight is 294 g/mol. The van der Waals surface area contributed by atoms with Gasteiger partial charge in [0.15, 0.2) is 0 Å². The number of ether oxygens (including phenoxy) is 2. The van der Waals surface area contributed by atoms with Crippen molar-refractivity contribution in [1.82, 2.24) is 0 Å². The van der Waals surface area contributed by atoms with E-state index < -0.39 is 4.92 Å². The van der Waals surface area contributed by atoms with Crippen LogP contribution in [-0.4, -0.2) is 43.8 Å². The van der Waals surface area contributed by atoms with Crippen LogP contribution in [0, 0.1) is 17.0 Å². The Morgan fingerprint density at radius 3 is 2.95 bits per heavy atom. The summed E-state index contributed by atoms with van der Waals surface area (Å²) in [6.45, 7) is 3.48. The summed E-state index contributed by atoms with van der Waals surface area (Å²) < 4.78 is 10.2. The molecule has 0 bridgehead atoms. The van der Waals surface area contributed by atoms with E-state index in [0.29, 0.717) is 25.3 Å². The second-order valence-electron chi connectivity index (χ2n) is 4.95. The highest BCUT2D eigenvalue weighted by atomic mass is 16.6. The lowest BCUT2D eigenvalue weighted by Crippen LogP contribution is -2.43. The molecule has 1 saturated heterocycles. The van der Waals surface area contributed by atoms with Crippen molar-refractivity contribution >= 4 is 17.3 Å². The summed E-state index contributed by atoms with van der Waals surface area (Å²) in [6.07, 6.45) is -0.0133. The van der Waals surface area contributed by atoms with Gasteiger partial charge in [0.05, 0.1) is 31.2 Å². The fraction of sp³-hybridized carbons (Fsp3) is 0.500. The number of aryl methyl sites for hydroxylation is 1. The molecule has 0 aromatic heterocycles. The van der Waals surface area contributed by atoms with Crippen LogP contribution in [0.25, 0.3) is 0 Å². The number of carbonyl (C=O) groups is 1. The lowest BCUT2D eigenvalue weighted by atomic mass is 10.1. The van der Waals surface area contributed by atoms with E-state index in [9.17, 15) is 14.9 Å². The van der Waals surface area contributed by atoms with Crippen LogP contribution in [0.4, 0.5) is 11.4 Å². The van der Waals surface area contributed by atoms with Gasteiger partial charge in [0.2, 0.25) is 0 Å². The van der Waals surface area contributed by atoms with Crippen molar-refractivity contribution in [2.75, 3.05) is 31.7 Å². The molecule has 0 saturated carbocycles. The molecule has 0 spiro atoms. The van der Waals surface area contributed by atoms with Gasteiger partial charge in [-0.25, -0.2) is 0 Å². The third kappa shape index (κ3) is 3.69. The first-order chi connectivity index (χ1) is 10.0. The summed E-state index contributed by atoms with van der Waals surface area (Å²) in [5.41, 5.74) is 1.63. The number of anilines is 1. The highest BCUT2D eigenvalue weighted by Crippen LogP contribution is 2.26. The molecule has 1 aromatic carbocycles. The van der Waals surface area contributed by atoms with Gasteiger partial charge >= 0.3 is 5.97 Å². The summed E-state index contributed by atoms with van der Waals surface area (Å²) in [7, 11) is 1.35. The number of rotatable bonds is 4. The highest BCUT2D eigenvalue weighted by Gasteiger charge is 2.24. The fourth-order valence-corrected chi connectivity index (χ4v) is 2.39. The number of morpholine rings is 1. The molecule has 1 atom stereocenters. The van der Waals surface area contributed by atoms with Gasteiger partial charge in [-0.1, -0.05) is 0 Å². The van der Waals surface area contributed by atoms with E-state index in [1.54, 1.807) is 19.1 Å². The van der Waals surface area contributed by atoms with E-state index >= 15 is 0 Å². The summed E-state index contributed by atoms with van der Waals surface area (Å²) in [5.74, 6) is -0.304. The molecule has 7 nitrogen and oxygen atoms in total. The average Bonchev–Trinajstić information content (AvgIpc) is 2.47. The molecule has 0 amide bonds. The normalized spacial score (nSPS) is 18.4. The maximum atomic E-state index is 11.3. The van der Waals surface area contributed by atoms with Crippen molar-refractivity contribution in [3.63, 3.8) is 0 Å². The number of esters is 1. The summed E-state index contributed by atoms with van der Waals surface area (Å²) in [5, 5.41) is 10.8. The first-order valence-electron chi connectivity index (χ1n) is 6.69. The fourth-order valence-electron chi connectivity index (χ4n) is 2.39. The number of carbonyl (C=O) groups excluding carboxylic acids is 1. The summed E-state index contributed by atoms with van der Waals surface area (Å²) in [4.78, 5) is 23.8. The molecular formula is C14H18N2O5. The molecular weight excluding hydrogens is 276 g/mol. The zero-order chi connectivity index (χ0) is 15.4. The van der Waals surface area contributed by atoms with Gasteiger partial charge in [0.25, 0.3) is 5.69 Å². The molecule has 1 fully saturated rings. The van der Waals surface area contributed by atoms with E-state index in [0.717, 1.165) is 5.69 Å². The molecule has 0 aliphatic carbocycles. The minimum absolute atomic E-state index is 0.109. The highest BCUT2D eigenvalue weighted by molar-refractivity contribution is 5.70. The van der Waals surface area contributed by atoms with Crippen LogP contribution in [-0.2, 0) is 14.3 Å². The Bertz CT molecular complexity index is 546. The van der Waals surface area contributed by atoms with Gasteiger partial charge in [-0.05, 0) is 19.1 Å². The number of nitro benzene ring substituents is 1. The molecule has 1 aromatic rings. The minimum Gasteiger partial charge on any atom is -0.469 e. The first kappa shape index (κ1) is 15.2. The SMILES string of the molecule is COC(=O)CC1CN(c2ccc([N+](=O)[O-])c(C)c2)CCO1. The van der Waals surface area contributed by atoms with Crippen LogP contribution in [0.1, 0.15) is 12.0 Å². The second-order valence-corrected chi connectivity index (χ2v) is 4.95. The quantitative estimate of drug-likeness (QED) is 0.477. The molecule has 21 heavy (non-hydrogen) atoms. The molecule has 0 N–H and O–H groups in total. The van der Waals surface area contributed by atoms with Crippen LogP contribution in [0.5, 0.6) is 0 Å². The lowest BCUT2D eigenvalue weighted by molar-refractivity contribution is -0.385.